The molecular weight excluding hydrogens is 228 g/mol. The molecule has 1 heterocycles. The molecule has 1 aliphatic rings. The second-order valence-electron chi connectivity index (χ2n) is 6.56. The van der Waals surface area contributed by atoms with Crippen LogP contribution in [0.5, 0.6) is 0 Å². The van der Waals surface area contributed by atoms with E-state index in [2.05, 4.69) is 33.0 Å². The first kappa shape index (κ1) is 15.4. The Balaban J connectivity index is 2.82. The van der Waals surface area contributed by atoms with Gasteiger partial charge in [0.15, 0.2) is 0 Å². The summed E-state index contributed by atoms with van der Waals surface area (Å²) in [4.78, 5) is 13.2. The Kier molecular flexibility index (Phi) is 4.78. The molecule has 1 aliphatic heterocycles. The highest BCUT2D eigenvalue weighted by Crippen LogP contribution is 2.31. The summed E-state index contributed by atoms with van der Waals surface area (Å²) in [7, 11) is 0. The quantitative estimate of drug-likeness (QED) is 0.605. The van der Waals surface area contributed by atoms with Crippen molar-refractivity contribution in [2.75, 3.05) is 6.61 Å². The van der Waals surface area contributed by atoms with E-state index >= 15 is 0 Å². The molecule has 0 bridgehead atoms. The molecule has 4 heteroatoms. The molecule has 0 aliphatic carbocycles. The van der Waals surface area contributed by atoms with Crippen molar-refractivity contribution in [2.24, 2.45) is 0 Å². The summed E-state index contributed by atoms with van der Waals surface area (Å²) in [6, 6.07) is 0.232. The zero-order valence-electron chi connectivity index (χ0n) is 12.6. The minimum absolute atomic E-state index is 0.0413. The number of nitrogens with one attached hydrogen (secondary N) is 1. The van der Waals surface area contributed by atoms with Gasteiger partial charge in [0.05, 0.1) is 0 Å². The third-order valence-corrected chi connectivity index (χ3v) is 3.54. The Morgan fingerprint density at radius 3 is 2.22 bits per heavy atom. The molecule has 0 aromatic heterocycles. The fourth-order valence-corrected chi connectivity index (χ4v) is 3.28. The molecule has 4 nitrogen and oxygen atoms in total. The maximum absolute atomic E-state index is 11.4. The normalized spacial score (nSPS) is 24.6. The molecule has 1 N–H and O–H groups in total. The first-order chi connectivity index (χ1) is 8.21. The van der Waals surface area contributed by atoms with Gasteiger partial charge >= 0.3 is 0 Å². The van der Waals surface area contributed by atoms with Crippen molar-refractivity contribution >= 4 is 6.41 Å². The van der Waals surface area contributed by atoms with Crippen LogP contribution in [-0.4, -0.2) is 41.3 Å². The summed E-state index contributed by atoms with van der Waals surface area (Å²) in [6.45, 7) is 13.3. The lowest BCUT2D eigenvalue weighted by Crippen LogP contribution is -2.63. The molecule has 1 saturated heterocycles. The third kappa shape index (κ3) is 3.95. The van der Waals surface area contributed by atoms with E-state index in [0.29, 0.717) is 6.61 Å². The predicted octanol–water partition coefficient (Wildman–Crippen LogP) is 2.14. The number of hydrogen-bond donors (Lipinski definition) is 1. The molecule has 1 rings (SSSR count). The van der Waals surface area contributed by atoms with E-state index in [9.17, 15) is 4.79 Å². The maximum Gasteiger partial charge on any atom is 0.211 e. The van der Waals surface area contributed by atoms with E-state index in [-0.39, 0.29) is 23.3 Å². The van der Waals surface area contributed by atoms with Crippen molar-refractivity contribution < 1.29 is 9.53 Å². The number of carbonyl (C=O) groups excluding carboxylic acids is 1. The number of nitrogens with zero attached hydrogens (tertiary/aromatic N) is 1. The average Bonchev–Trinajstić information content (AvgIpc) is 2.13. The third-order valence-electron chi connectivity index (χ3n) is 3.54. The van der Waals surface area contributed by atoms with E-state index < -0.39 is 0 Å². The highest BCUT2D eigenvalue weighted by Gasteiger charge is 2.40. The number of rotatable bonds is 5. The van der Waals surface area contributed by atoms with Crippen LogP contribution >= 0.6 is 0 Å². The van der Waals surface area contributed by atoms with Gasteiger partial charge in [-0.3, -0.25) is 4.79 Å². The van der Waals surface area contributed by atoms with Crippen LogP contribution in [-0.2, 0) is 9.53 Å². The molecule has 1 atom stereocenters. The molecule has 1 unspecified atom stereocenters. The molecule has 0 spiro atoms. The van der Waals surface area contributed by atoms with Crippen LogP contribution in [0, 0.1) is 0 Å². The van der Waals surface area contributed by atoms with Crippen molar-refractivity contribution in [2.45, 2.75) is 77.7 Å². The maximum atomic E-state index is 11.4. The molecule has 18 heavy (non-hydrogen) atoms. The van der Waals surface area contributed by atoms with Crippen molar-refractivity contribution in [1.29, 1.82) is 0 Å². The van der Waals surface area contributed by atoms with E-state index in [1.807, 2.05) is 18.7 Å². The molecular formula is C14H28N2O2. The molecule has 0 saturated carbocycles. The van der Waals surface area contributed by atoms with Gasteiger partial charge in [0.2, 0.25) is 6.41 Å². The van der Waals surface area contributed by atoms with Crippen molar-refractivity contribution in [1.82, 2.24) is 10.2 Å². The van der Waals surface area contributed by atoms with Gasteiger partial charge in [-0.15, -0.1) is 0 Å². The molecule has 106 valence electrons. The average molecular weight is 256 g/mol. The Bertz CT molecular complexity index is 274. The lowest BCUT2D eigenvalue weighted by molar-refractivity contribution is -0.139. The van der Waals surface area contributed by atoms with Gasteiger partial charge in [-0.25, -0.2) is 0 Å². The van der Waals surface area contributed by atoms with Crippen molar-refractivity contribution in [3.8, 4) is 0 Å². The Morgan fingerprint density at radius 2 is 1.83 bits per heavy atom. The van der Waals surface area contributed by atoms with E-state index in [0.717, 1.165) is 19.3 Å². The van der Waals surface area contributed by atoms with Crippen LogP contribution in [0.1, 0.15) is 54.4 Å². The van der Waals surface area contributed by atoms with Crippen LogP contribution in [0.4, 0.5) is 0 Å². The summed E-state index contributed by atoms with van der Waals surface area (Å²) >= 11 is 0. The molecule has 0 aromatic carbocycles. The fraction of sp³-hybridized carbons (Fsp3) is 0.929. The molecule has 1 fully saturated rings. The smallest absolute Gasteiger partial charge is 0.211 e. The zero-order chi connectivity index (χ0) is 14.0. The second-order valence-corrected chi connectivity index (χ2v) is 6.56. The van der Waals surface area contributed by atoms with Gasteiger partial charge in [0.25, 0.3) is 0 Å². The number of hydrogen-bond acceptors (Lipinski definition) is 3. The van der Waals surface area contributed by atoms with E-state index in [1.54, 1.807) is 0 Å². The summed E-state index contributed by atoms with van der Waals surface area (Å²) in [6.07, 6.45) is 2.68. The van der Waals surface area contributed by atoms with Gasteiger partial charge < -0.3 is 15.0 Å². The highest BCUT2D eigenvalue weighted by molar-refractivity contribution is 5.48. The van der Waals surface area contributed by atoms with Gasteiger partial charge in [0.1, 0.15) is 6.23 Å². The van der Waals surface area contributed by atoms with E-state index in [4.69, 9.17) is 4.74 Å². The molecule has 0 aromatic rings. The van der Waals surface area contributed by atoms with Crippen LogP contribution in [0.3, 0.4) is 0 Å². The van der Waals surface area contributed by atoms with Crippen molar-refractivity contribution in [3.05, 3.63) is 0 Å². The highest BCUT2D eigenvalue weighted by atomic mass is 16.5. The number of carbonyl (C=O) groups is 1. The Morgan fingerprint density at radius 1 is 1.33 bits per heavy atom. The monoisotopic (exact) mass is 256 g/mol. The standard InChI is InChI=1S/C14H28N2O2/c1-7-18-11(2)16(10-17)12-8-13(3,4)15-14(5,6)9-12/h10-12,15H,7-9H2,1-6H3. The van der Waals surface area contributed by atoms with Gasteiger partial charge in [-0.05, 0) is 54.4 Å². The number of ether oxygens (including phenoxy) is 1. The zero-order valence-corrected chi connectivity index (χ0v) is 12.6. The summed E-state index contributed by atoms with van der Waals surface area (Å²) in [5.74, 6) is 0. The summed E-state index contributed by atoms with van der Waals surface area (Å²) in [5, 5.41) is 3.63. The van der Waals surface area contributed by atoms with Gasteiger partial charge in [0, 0.05) is 23.7 Å². The minimum atomic E-state index is -0.151. The second kappa shape index (κ2) is 5.57. The van der Waals surface area contributed by atoms with Gasteiger partial charge in [-0.2, -0.15) is 0 Å². The van der Waals surface area contributed by atoms with Crippen LogP contribution in [0.25, 0.3) is 0 Å². The molecule has 1 amide bonds. The van der Waals surface area contributed by atoms with E-state index in [1.165, 1.54) is 0 Å². The van der Waals surface area contributed by atoms with Crippen LogP contribution in [0.2, 0.25) is 0 Å². The van der Waals surface area contributed by atoms with Gasteiger partial charge in [-0.1, -0.05) is 0 Å². The SMILES string of the molecule is CCOC(C)N(C=O)C1CC(C)(C)NC(C)(C)C1. The first-order valence-corrected chi connectivity index (χ1v) is 6.84. The largest absolute Gasteiger partial charge is 0.359 e. The minimum Gasteiger partial charge on any atom is -0.359 e. The number of piperidine rings is 1. The van der Waals surface area contributed by atoms with Crippen LogP contribution < -0.4 is 5.32 Å². The fourth-order valence-electron chi connectivity index (χ4n) is 3.28. The lowest BCUT2D eigenvalue weighted by atomic mass is 9.79. The molecule has 0 radical (unpaired) electrons. The summed E-state index contributed by atoms with van der Waals surface area (Å²) in [5.41, 5.74) is 0.0826. The Hall–Kier alpha value is -0.610. The first-order valence-electron chi connectivity index (χ1n) is 6.84. The Labute approximate surface area is 111 Å². The lowest BCUT2D eigenvalue weighted by Gasteiger charge is -2.49. The van der Waals surface area contributed by atoms with Crippen molar-refractivity contribution in [3.63, 3.8) is 0 Å². The number of amides is 1. The van der Waals surface area contributed by atoms with Crippen LogP contribution in [0.15, 0.2) is 0 Å². The predicted molar refractivity (Wildman–Crippen MR) is 73.3 cm³/mol. The topological polar surface area (TPSA) is 41.6 Å². The summed E-state index contributed by atoms with van der Waals surface area (Å²) < 4.78 is 5.56.